The molecule has 0 saturated carbocycles. The molecule has 0 radical (unpaired) electrons. The second-order valence-electron chi connectivity index (χ2n) is 3.57. The van der Waals surface area contributed by atoms with Crippen LogP contribution in [-0.4, -0.2) is 19.9 Å². The van der Waals surface area contributed by atoms with Crippen molar-refractivity contribution in [1.82, 2.24) is 14.8 Å². The zero-order chi connectivity index (χ0) is 11.5. The average Bonchev–Trinajstić information content (AvgIpc) is 2.65. The van der Waals surface area contributed by atoms with Gasteiger partial charge in [0.15, 0.2) is 0 Å². The summed E-state index contributed by atoms with van der Waals surface area (Å²) in [7, 11) is 1.80. The molecule has 1 N–H and O–H groups in total. The standard InChI is InChI=1S/C11H12ClN3O/c1-15-11(13-7-14-15)6-10(16)8-2-4-9(12)5-3-8/h2-5,7,10,16H,6H2,1H3. The molecule has 2 aromatic rings. The van der Waals surface area contributed by atoms with Gasteiger partial charge in [0.25, 0.3) is 0 Å². The number of aliphatic hydroxyl groups excluding tert-OH is 1. The minimum absolute atomic E-state index is 0.443. The van der Waals surface area contributed by atoms with Crippen molar-refractivity contribution in [3.63, 3.8) is 0 Å². The first-order valence-corrected chi connectivity index (χ1v) is 5.31. The van der Waals surface area contributed by atoms with Gasteiger partial charge < -0.3 is 5.11 Å². The van der Waals surface area contributed by atoms with Crippen molar-refractivity contribution in [2.75, 3.05) is 0 Å². The molecule has 0 aliphatic rings. The van der Waals surface area contributed by atoms with Gasteiger partial charge in [-0.2, -0.15) is 5.10 Å². The van der Waals surface area contributed by atoms with Gasteiger partial charge in [-0.1, -0.05) is 23.7 Å². The Labute approximate surface area is 98.5 Å². The third-order valence-electron chi connectivity index (χ3n) is 2.44. The fraction of sp³-hybridized carbons (Fsp3) is 0.273. The summed E-state index contributed by atoms with van der Waals surface area (Å²) in [6, 6.07) is 7.14. The predicted octanol–water partition coefficient (Wildman–Crippen LogP) is 1.74. The lowest BCUT2D eigenvalue weighted by molar-refractivity contribution is 0.174. The Balaban J connectivity index is 2.11. The predicted molar refractivity (Wildman–Crippen MR) is 61.1 cm³/mol. The van der Waals surface area contributed by atoms with Gasteiger partial charge in [-0.25, -0.2) is 4.98 Å². The van der Waals surface area contributed by atoms with Crippen molar-refractivity contribution in [2.24, 2.45) is 7.05 Å². The van der Waals surface area contributed by atoms with Crippen molar-refractivity contribution < 1.29 is 5.11 Å². The molecule has 0 aliphatic heterocycles. The summed E-state index contributed by atoms with van der Waals surface area (Å²) in [6.07, 6.45) is 1.34. The normalized spacial score (nSPS) is 12.7. The van der Waals surface area contributed by atoms with E-state index in [0.717, 1.165) is 11.4 Å². The van der Waals surface area contributed by atoms with Crippen molar-refractivity contribution in [1.29, 1.82) is 0 Å². The van der Waals surface area contributed by atoms with Gasteiger partial charge >= 0.3 is 0 Å². The molecule has 0 spiro atoms. The van der Waals surface area contributed by atoms with Crippen LogP contribution in [0.5, 0.6) is 0 Å². The first-order valence-electron chi connectivity index (χ1n) is 4.93. The monoisotopic (exact) mass is 237 g/mol. The Bertz CT molecular complexity index is 466. The van der Waals surface area contributed by atoms with Crippen molar-refractivity contribution in [3.05, 3.63) is 47.0 Å². The smallest absolute Gasteiger partial charge is 0.138 e. The van der Waals surface area contributed by atoms with Crippen LogP contribution < -0.4 is 0 Å². The quantitative estimate of drug-likeness (QED) is 0.885. The van der Waals surface area contributed by atoms with Crippen LogP contribution in [0.15, 0.2) is 30.6 Å². The molecular weight excluding hydrogens is 226 g/mol. The van der Waals surface area contributed by atoms with E-state index in [1.165, 1.54) is 6.33 Å². The van der Waals surface area contributed by atoms with E-state index in [4.69, 9.17) is 11.6 Å². The van der Waals surface area contributed by atoms with Crippen LogP contribution in [-0.2, 0) is 13.5 Å². The van der Waals surface area contributed by atoms with Crippen LogP contribution in [0.25, 0.3) is 0 Å². The molecule has 0 saturated heterocycles. The lowest BCUT2D eigenvalue weighted by Gasteiger charge is -2.10. The van der Waals surface area contributed by atoms with E-state index in [1.807, 2.05) is 12.1 Å². The number of hydrogen-bond acceptors (Lipinski definition) is 3. The summed E-state index contributed by atoms with van der Waals surface area (Å²) < 4.78 is 1.65. The maximum atomic E-state index is 9.98. The fourth-order valence-corrected chi connectivity index (χ4v) is 1.61. The van der Waals surface area contributed by atoms with Gasteiger partial charge in [0.2, 0.25) is 0 Å². The molecule has 4 nitrogen and oxygen atoms in total. The summed E-state index contributed by atoms with van der Waals surface area (Å²) in [5, 5.41) is 14.6. The van der Waals surface area contributed by atoms with Crippen molar-refractivity contribution in [2.45, 2.75) is 12.5 Å². The van der Waals surface area contributed by atoms with Gasteiger partial charge in [0.1, 0.15) is 12.2 Å². The van der Waals surface area contributed by atoms with Gasteiger partial charge in [-0.15, -0.1) is 0 Å². The minimum Gasteiger partial charge on any atom is -0.388 e. The van der Waals surface area contributed by atoms with Crippen LogP contribution in [0.2, 0.25) is 5.02 Å². The summed E-state index contributed by atoms with van der Waals surface area (Å²) >= 11 is 5.78. The van der Waals surface area contributed by atoms with Gasteiger partial charge in [-0.3, -0.25) is 4.68 Å². The van der Waals surface area contributed by atoms with E-state index in [-0.39, 0.29) is 0 Å². The number of halogens is 1. The molecule has 0 bridgehead atoms. The van der Waals surface area contributed by atoms with Gasteiger partial charge in [0, 0.05) is 18.5 Å². The number of benzene rings is 1. The van der Waals surface area contributed by atoms with Crippen LogP contribution in [0.3, 0.4) is 0 Å². The van der Waals surface area contributed by atoms with Crippen LogP contribution in [0.1, 0.15) is 17.5 Å². The maximum Gasteiger partial charge on any atom is 0.138 e. The highest BCUT2D eigenvalue weighted by Gasteiger charge is 2.11. The first kappa shape index (κ1) is 11.1. The molecule has 2 rings (SSSR count). The summed E-state index contributed by atoms with van der Waals surface area (Å²) in [5.74, 6) is 0.752. The second kappa shape index (κ2) is 4.63. The molecule has 1 unspecified atom stereocenters. The number of nitrogens with zero attached hydrogens (tertiary/aromatic N) is 3. The lowest BCUT2D eigenvalue weighted by atomic mass is 10.1. The Kier molecular flexibility index (Phi) is 3.22. The van der Waals surface area contributed by atoms with E-state index in [9.17, 15) is 5.11 Å². The molecule has 0 aliphatic carbocycles. The van der Waals surface area contributed by atoms with E-state index in [2.05, 4.69) is 10.1 Å². The van der Waals surface area contributed by atoms with E-state index >= 15 is 0 Å². The molecule has 1 heterocycles. The van der Waals surface area contributed by atoms with Crippen molar-refractivity contribution >= 4 is 11.6 Å². The third-order valence-corrected chi connectivity index (χ3v) is 2.69. The highest BCUT2D eigenvalue weighted by molar-refractivity contribution is 6.30. The molecule has 1 aromatic carbocycles. The van der Waals surface area contributed by atoms with Crippen molar-refractivity contribution in [3.8, 4) is 0 Å². The summed E-state index contributed by atoms with van der Waals surface area (Å²) in [4.78, 5) is 4.06. The Hall–Kier alpha value is -1.39. The Morgan fingerprint density at radius 1 is 1.38 bits per heavy atom. The zero-order valence-corrected chi connectivity index (χ0v) is 9.59. The zero-order valence-electron chi connectivity index (χ0n) is 8.84. The van der Waals surface area contributed by atoms with Crippen LogP contribution in [0.4, 0.5) is 0 Å². The molecule has 1 aromatic heterocycles. The number of aromatic nitrogens is 3. The van der Waals surface area contributed by atoms with E-state index < -0.39 is 6.10 Å². The largest absolute Gasteiger partial charge is 0.388 e. The lowest BCUT2D eigenvalue weighted by Crippen LogP contribution is -2.07. The molecule has 16 heavy (non-hydrogen) atoms. The van der Waals surface area contributed by atoms with E-state index in [0.29, 0.717) is 11.4 Å². The molecular formula is C11H12ClN3O. The highest BCUT2D eigenvalue weighted by Crippen LogP contribution is 2.19. The Morgan fingerprint density at radius 2 is 2.06 bits per heavy atom. The van der Waals surface area contributed by atoms with Crippen LogP contribution in [0, 0.1) is 0 Å². The second-order valence-corrected chi connectivity index (χ2v) is 4.01. The van der Waals surface area contributed by atoms with Crippen LogP contribution >= 0.6 is 11.6 Å². The fourth-order valence-electron chi connectivity index (χ4n) is 1.48. The number of hydrogen-bond donors (Lipinski definition) is 1. The first-order chi connectivity index (χ1) is 7.66. The number of rotatable bonds is 3. The molecule has 5 heteroatoms. The van der Waals surface area contributed by atoms with E-state index in [1.54, 1.807) is 23.9 Å². The Morgan fingerprint density at radius 3 is 2.62 bits per heavy atom. The summed E-state index contributed by atoms with van der Waals surface area (Å²) in [6.45, 7) is 0. The molecule has 0 amide bonds. The minimum atomic E-state index is -0.583. The van der Waals surface area contributed by atoms with Gasteiger partial charge in [0.05, 0.1) is 6.10 Å². The van der Waals surface area contributed by atoms with Gasteiger partial charge in [-0.05, 0) is 17.7 Å². The number of aliphatic hydroxyl groups is 1. The average molecular weight is 238 g/mol. The SMILES string of the molecule is Cn1ncnc1CC(O)c1ccc(Cl)cc1. The molecule has 0 fully saturated rings. The molecule has 84 valence electrons. The number of aryl methyl sites for hydroxylation is 1. The third kappa shape index (κ3) is 2.40. The summed E-state index contributed by atoms with van der Waals surface area (Å²) in [5.41, 5.74) is 0.826. The molecule has 1 atom stereocenters. The maximum absolute atomic E-state index is 9.98. The topological polar surface area (TPSA) is 50.9 Å². The highest BCUT2D eigenvalue weighted by atomic mass is 35.5.